The number of rotatable bonds is 4. The molecule has 21 heavy (non-hydrogen) atoms. The second-order valence-electron chi connectivity index (χ2n) is 4.55. The molecular weight excluding hydrogens is 290 g/mol. The Bertz CT molecular complexity index is 532. The molecule has 0 bridgehead atoms. The zero-order valence-corrected chi connectivity index (χ0v) is 12.9. The number of halogens is 1. The van der Waals surface area contributed by atoms with E-state index in [2.05, 4.69) is 22.2 Å². The molecule has 0 amide bonds. The number of nitrogens with one attached hydrogen (secondary N) is 2. The van der Waals surface area contributed by atoms with Crippen LogP contribution in [0.2, 0.25) is 5.02 Å². The zero-order valence-electron chi connectivity index (χ0n) is 12.1. The summed E-state index contributed by atoms with van der Waals surface area (Å²) in [5, 5.41) is 6.88. The Morgan fingerprint density at radius 1 is 1.38 bits per heavy atom. The quantitative estimate of drug-likeness (QED) is 0.509. The van der Waals surface area contributed by atoms with Crippen molar-refractivity contribution in [2.24, 2.45) is 4.99 Å². The molecule has 2 N–H and O–H groups in total. The van der Waals surface area contributed by atoms with Gasteiger partial charge in [0.25, 0.3) is 0 Å². The maximum Gasteiger partial charge on any atom is 0.191 e. The molecule has 0 unspecified atom stereocenters. The lowest BCUT2D eigenvalue weighted by molar-refractivity contribution is 0.297. The number of ether oxygens (including phenoxy) is 2. The number of hydrogen-bond donors (Lipinski definition) is 2. The van der Waals surface area contributed by atoms with Gasteiger partial charge in [0.1, 0.15) is 0 Å². The van der Waals surface area contributed by atoms with Crippen molar-refractivity contribution in [2.75, 3.05) is 26.8 Å². The van der Waals surface area contributed by atoms with Crippen molar-refractivity contribution in [3.8, 4) is 11.5 Å². The largest absolute Gasteiger partial charge is 0.489 e. The summed E-state index contributed by atoms with van der Waals surface area (Å²) in [4.78, 5) is 4.12. The van der Waals surface area contributed by atoms with Crippen molar-refractivity contribution in [2.45, 2.75) is 13.0 Å². The number of nitrogens with zero attached hydrogens (tertiary/aromatic N) is 1. The van der Waals surface area contributed by atoms with Crippen LogP contribution in [-0.4, -0.2) is 32.8 Å². The van der Waals surface area contributed by atoms with Crippen LogP contribution in [0.4, 0.5) is 0 Å². The molecule has 5 nitrogen and oxygen atoms in total. The van der Waals surface area contributed by atoms with E-state index in [4.69, 9.17) is 21.1 Å². The second-order valence-corrected chi connectivity index (χ2v) is 4.96. The molecule has 0 saturated heterocycles. The van der Waals surface area contributed by atoms with Crippen molar-refractivity contribution < 1.29 is 9.47 Å². The normalized spacial score (nSPS) is 14.3. The molecule has 0 spiro atoms. The molecule has 1 aromatic rings. The minimum absolute atomic E-state index is 0.570. The predicted molar refractivity (Wildman–Crippen MR) is 85.5 cm³/mol. The van der Waals surface area contributed by atoms with Crippen molar-refractivity contribution in [1.82, 2.24) is 10.6 Å². The topological polar surface area (TPSA) is 54.9 Å². The van der Waals surface area contributed by atoms with Gasteiger partial charge in [0.15, 0.2) is 17.5 Å². The van der Waals surface area contributed by atoms with Gasteiger partial charge in [-0.2, -0.15) is 0 Å². The molecule has 0 aromatic heterocycles. The highest BCUT2D eigenvalue weighted by molar-refractivity contribution is 6.32. The molecule has 0 atom stereocenters. The first-order valence-electron chi connectivity index (χ1n) is 6.88. The van der Waals surface area contributed by atoms with Crippen LogP contribution in [0.25, 0.3) is 0 Å². The van der Waals surface area contributed by atoms with Crippen LogP contribution in [0.15, 0.2) is 29.8 Å². The number of guanidine groups is 1. The first-order valence-corrected chi connectivity index (χ1v) is 7.26. The van der Waals surface area contributed by atoms with Crippen LogP contribution in [-0.2, 0) is 6.54 Å². The van der Waals surface area contributed by atoms with Gasteiger partial charge in [0.2, 0.25) is 0 Å². The van der Waals surface area contributed by atoms with E-state index in [1.807, 2.05) is 12.1 Å². The Morgan fingerprint density at radius 2 is 2.19 bits per heavy atom. The summed E-state index contributed by atoms with van der Waals surface area (Å²) in [6.07, 6.45) is 2.63. The van der Waals surface area contributed by atoms with E-state index >= 15 is 0 Å². The van der Waals surface area contributed by atoms with E-state index in [0.717, 1.165) is 12.0 Å². The van der Waals surface area contributed by atoms with Crippen molar-refractivity contribution in [1.29, 1.82) is 0 Å². The summed E-state index contributed by atoms with van der Waals surface area (Å²) >= 11 is 6.26. The van der Waals surface area contributed by atoms with Gasteiger partial charge in [-0.25, -0.2) is 0 Å². The third-order valence-electron chi connectivity index (χ3n) is 2.96. The van der Waals surface area contributed by atoms with Crippen LogP contribution in [0.1, 0.15) is 12.0 Å². The lowest BCUT2D eigenvalue weighted by Gasteiger charge is -2.14. The van der Waals surface area contributed by atoms with Crippen molar-refractivity contribution in [3.05, 3.63) is 35.4 Å². The average molecular weight is 310 g/mol. The average Bonchev–Trinajstić information content (AvgIpc) is 2.73. The molecule has 0 aliphatic carbocycles. The van der Waals surface area contributed by atoms with Crippen LogP contribution < -0.4 is 20.1 Å². The molecule has 114 valence electrons. The molecule has 0 fully saturated rings. The molecule has 0 radical (unpaired) electrons. The Balaban J connectivity index is 2.05. The highest BCUT2D eigenvalue weighted by Crippen LogP contribution is 2.37. The summed E-state index contributed by atoms with van der Waals surface area (Å²) in [6.45, 7) is 6.17. The van der Waals surface area contributed by atoms with Gasteiger partial charge in [-0.15, -0.1) is 6.58 Å². The van der Waals surface area contributed by atoms with Crippen LogP contribution >= 0.6 is 11.6 Å². The molecule has 1 heterocycles. The molecular formula is C15H20ClN3O2. The molecule has 0 saturated carbocycles. The monoisotopic (exact) mass is 309 g/mol. The Labute approximate surface area is 130 Å². The SMILES string of the molecule is C=CCNC(=NC)NCc1cc(Cl)c2c(c1)OCCCO2. The Hall–Kier alpha value is -1.88. The first-order chi connectivity index (χ1) is 10.2. The maximum atomic E-state index is 6.26. The van der Waals surface area contributed by atoms with E-state index in [1.165, 1.54) is 0 Å². The van der Waals surface area contributed by atoms with Gasteiger partial charge in [-0.05, 0) is 17.7 Å². The summed E-state index contributed by atoms with van der Waals surface area (Å²) in [5.74, 6) is 2.04. The van der Waals surface area contributed by atoms with Gasteiger partial charge in [-0.3, -0.25) is 4.99 Å². The minimum Gasteiger partial charge on any atom is -0.489 e. The van der Waals surface area contributed by atoms with Crippen molar-refractivity contribution in [3.63, 3.8) is 0 Å². The standard InChI is InChI=1S/C15H20ClN3O2/c1-3-5-18-15(17-2)19-10-11-8-12(16)14-13(9-11)20-6-4-7-21-14/h3,8-9H,1,4-7,10H2,2H3,(H2,17,18,19). The fraction of sp³-hybridized carbons (Fsp3) is 0.400. The number of aliphatic imine (C=N–C) groups is 1. The minimum atomic E-state index is 0.570. The molecule has 6 heteroatoms. The third-order valence-corrected chi connectivity index (χ3v) is 3.24. The van der Waals surface area contributed by atoms with E-state index < -0.39 is 0 Å². The van der Waals surface area contributed by atoms with Gasteiger partial charge in [0, 0.05) is 26.6 Å². The first kappa shape index (κ1) is 15.5. The smallest absolute Gasteiger partial charge is 0.191 e. The summed E-state index contributed by atoms with van der Waals surface area (Å²) in [5.41, 5.74) is 1.01. The molecule has 1 aliphatic heterocycles. The van der Waals surface area contributed by atoms with E-state index in [-0.39, 0.29) is 0 Å². The zero-order chi connectivity index (χ0) is 15.1. The van der Waals surface area contributed by atoms with Gasteiger partial charge < -0.3 is 20.1 Å². The third kappa shape index (κ3) is 4.29. The Morgan fingerprint density at radius 3 is 2.95 bits per heavy atom. The molecule has 1 aliphatic rings. The van der Waals surface area contributed by atoms with E-state index in [0.29, 0.717) is 48.8 Å². The summed E-state index contributed by atoms with van der Waals surface area (Å²) in [7, 11) is 1.72. The van der Waals surface area contributed by atoms with Gasteiger partial charge in [0.05, 0.1) is 18.2 Å². The highest BCUT2D eigenvalue weighted by atomic mass is 35.5. The van der Waals surface area contributed by atoms with Gasteiger partial charge in [-0.1, -0.05) is 17.7 Å². The summed E-state index contributed by atoms with van der Waals surface area (Å²) < 4.78 is 11.3. The van der Waals surface area contributed by atoms with E-state index in [9.17, 15) is 0 Å². The maximum absolute atomic E-state index is 6.26. The van der Waals surface area contributed by atoms with Crippen molar-refractivity contribution >= 4 is 17.6 Å². The predicted octanol–water partition coefficient (Wildman–Crippen LogP) is 2.35. The summed E-state index contributed by atoms with van der Waals surface area (Å²) in [6, 6.07) is 3.82. The fourth-order valence-corrected chi connectivity index (χ4v) is 2.25. The second kappa shape index (κ2) is 7.78. The molecule has 1 aromatic carbocycles. The van der Waals surface area contributed by atoms with Crippen LogP contribution in [0.3, 0.4) is 0 Å². The van der Waals surface area contributed by atoms with Gasteiger partial charge >= 0.3 is 0 Å². The lowest BCUT2D eigenvalue weighted by atomic mass is 10.2. The Kier molecular flexibility index (Phi) is 5.75. The highest BCUT2D eigenvalue weighted by Gasteiger charge is 2.15. The number of hydrogen-bond acceptors (Lipinski definition) is 3. The number of benzene rings is 1. The van der Waals surface area contributed by atoms with E-state index in [1.54, 1.807) is 13.1 Å². The number of fused-ring (bicyclic) bond motifs is 1. The van der Waals surface area contributed by atoms with Crippen LogP contribution in [0, 0.1) is 0 Å². The van der Waals surface area contributed by atoms with Crippen LogP contribution in [0.5, 0.6) is 11.5 Å². The fourth-order valence-electron chi connectivity index (χ4n) is 1.96. The molecule has 2 rings (SSSR count). The lowest BCUT2D eigenvalue weighted by Crippen LogP contribution is -2.36.